The lowest BCUT2D eigenvalue weighted by Crippen LogP contribution is -2.48. The Kier molecular flexibility index (Phi) is 2.94. The van der Waals surface area contributed by atoms with Gasteiger partial charge >= 0.3 is 0 Å². The van der Waals surface area contributed by atoms with Gasteiger partial charge in [0.05, 0.1) is 12.4 Å². The predicted molar refractivity (Wildman–Crippen MR) is 49.5 cm³/mol. The van der Waals surface area contributed by atoms with Gasteiger partial charge in [-0.1, -0.05) is 0 Å². The number of hydrogen-bond donors (Lipinski definition) is 1. The van der Waals surface area contributed by atoms with Crippen LogP contribution in [0.1, 0.15) is 6.42 Å². The van der Waals surface area contributed by atoms with Gasteiger partial charge in [0.15, 0.2) is 0 Å². The molecule has 1 N–H and O–H groups in total. The minimum absolute atomic E-state index is 0.461. The molecule has 1 aliphatic heterocycles. The fourth-order valence-electron chi connectivity index (χ4n) is 1.30. The number of rotatable bonds is 5. The summed E-state index contributed by atoms with van der Waals surface area (Å²) >= 11 is 0. The minimum atomic E-state index is 0.461. The maximum absolute atomic E-state index is 5.58. The van der Waals surface area contributed by atoms with E-state index in [4.69, 9.17) is 4.74 Å². The molecule has 2 rings (SSSR count). The van der Waals surface area contributed by atoms with E-state index < -0.39 is 0 Å². The molecule has 1 saturated heterocycles. The molecular formula is C9H15N3O. The molecule has 4 heteroatoms. The third-order valence-electron chi connectivity index (χ3n) is 2.22. The van der Waals surface area contributed by atoms with Gasteiger partial charge in [-0.2, -0.15) is 0 Å². The van der Waals surface area contributed by atoms with E-state index in [-0.39, 0.29) is 0 Å². The normalized spacial score (nSPS) is 17.2. The molecule has 0 aromatic carbocycles. The Hall–Kier alpha value is -0.870. The molecule has 13 heavy (non-hydrogen) atoms. The van der Waals surface area contributed by atoms with E-state index in [1.165, 1.54) is 0 Å². The van der Waals surface area contributed by atoms with Crippen LogP contribution in [0.5, 0.6) is 0 Å². The van der Waals surface area contributed by atoms with Gasteiger partial charge in [-0.15, -0.1) is 0 Å². The molecule has 1 fully saturated rings. The molecule has 0 saturated carbocycles. The molecular weight excluding hydrogens is 166 g/mol. The molecule has 0 unspecified atom stereocenters. The van der Waals surface area contributed by atoms with Gasteiger partial charge in [-0.25, -0.2) is 4.98 Å². The summed E-state index contributed by atoms with van der Waals surface area (Å²) in [5.41, 5.74) is 0. The van der Waals surface area contributed by atoms with E-state index in [1.807, 2.05) is 12.5 Å². The Balaban J connectivity index is 1.53. The van der Waals surface area contributed by atoms with Crippen LogP contribution in [0.3, 0.4) is 0 Å². The van der Waals surface area contributed by atoms with Crippen molar-refractivity contribution in [3.8, 4) is 0 Å². The van der Waals surface area contributed by atoms with Crippen molar-refractivity contribution in [2.75, 3.05) is 19.7 Å². The topological polar surface area (TPSA) is 39.1 Å². The standard InChI is InChI=1S/C9H15N3O/c1(3-12-4-2-10-8-12)5-13-9-6-11-7-9/h2,4,8-9,11H,1,3,5-7H2. The molecule has 72 valence electrons. The summed E-state index contributed by atoms with van der Waals surface area (Å²) in [5.74, 6) is 0. The van der Waals surface area contributed by atoms with Gasteiger partial charge in [-0.05, 0) is 6.42 Å². The number of nitrogens with zero attached hydrogens (tertiary/aromatic N) is 2. The second-order valence-electron chi connectivity index (χ2n) is 3.31. The number of nitrogens with one attached hydrogen (secondary N) is 1. The fourth-order valence-corrected chi connectivity index (χ4v) is 1.30. The molecule has 0 amide bonds. The van der Waals surface area contributed by atoms with Crippen LogP contribution in [0.25, 0.3) is 0 Å². The van der Waals surface area contributed by atoms with E-state index in [0.717, 1.165) is 32.7 Å². The summed E-state index contributed by atoms with van der Waals surface area (Å²) in [4.78, 5) is 3.98. The van der Waals surface area contributed by atoms with Gasteiger partial charge in [0.25, 0.3) is 0 Å². The van der Waals surface area contributed by atoms with Crippen molar-refractivity contribution in [1.82, 2.24) is 14.9 Å². The highest BCUT2D eigenvalue weighted by molar-refractivity contribution is 4.75. The Labute approximate surface area is 77.9 Å². The number of imidazole rings is 1. The van der Waals surface area contributed by atoms with Crippen LogP contribution in [0.4, 0.5) is 0 Å². The molecule has 2 heterocycles. The zero-order valence-electron chi connectivity index (χ0n) is 7.65. The lowest BCUT2D eigenvalue weighted by Gasteiger charge is -2.27. The van der Waals surface area contributed by atoms with Crippen LogP contribution in [0.15, 0.2) is 18.7 Å². The Morgan fingerprint density at radius 2 is 2.46 bits per heavy atom. The van der Waals surface area contributed by atoms with E-state index >= 15 is 0 Å². The number of aromatic nitrogens is 2. The van der Waals surface area contributed by atoms with Crippen LogP contribution in [-0.4, -0.2) is 35.4 Å². The van der Waals surface area contributed by atoms with Gasteiger partial charge in [-0.3, -0.25) is 0 Å². The minimum Gasteiger partial charge on any atom is -0.376 e. The first-order valence-corrected chi connectivity index (χ1v) is 4.73. The number of aryl methyl sites for hydroxylation is 1. The third-order valence-corrected chi connectivity index (χ3v) is 2.22. The van der Waals surface area contributed by atoms with Crippen molar-refractivity contribution >= 4 is 0 Å². The molecule has 0 spiro atoms. The molecule has 1 aromatic heterocycles. The summed E-state index contributed by atoms with van der Waals surface area (Å²) in [5, 5.41) is 3.18. The van der Waals surface area contributed by atoms with Crippen molar-refractivity contribution in [2.24, 2.45) is 0 Å². The second kappa shape index (κ2) is 4.39. The first kappa shape index (κ1) is 8.72. The predicted octanol–water partition coefficient (Wildman–Crippen LogP) is 0.262. The first-order chi connectivity index (χ1) is 6.45. The van der Waals surface area contributed by atoms with Crippen LogP contribution in [-0.2, 0) is 11.3 Å². The van der Waals surface area contributed by atoms with Gasteiger partial charge in [0.2, 0.25) is 0 Å². The number of ether oxygens (including phenoxy) is 1. The fraction of sp³-hybridized carbons (Fsp3) is 0.667. The highest BCUT2D eigenvalue weighted by atomic mass is 16.5. The average molecular weight is 181 g/mol. The van der Waals surface area contributed by atoms with Crippen LogP contribution >= 0.6 is 0 Å². The monoisotopic (exact) mass is 181 g/mol. The molecule has 0 atom stereocenters. The van der Waals surface area contributed by atoms with Crippen molar-refractivity contribution in [1.29, 1.82) is 0 Å². The second-order valence-corrected chi connectivity index (χ2v) is 3.31. The summed E-state index contributed by atoms with van der Waals surface area (Å²) < 4.78 is 7.65. The van der Waals surface area contributed by atoms with Crippen molar-refractivity contribution in [2.45, 2.75) is 19.1 Å². The maximum atomic E-state index is 5.58. The van der Waals surface area contributed by atoms with Crippen LogP contribution in [0, 0.1) is 0 Å². The summed E-state index contributed by atoms with van der Waals surface area (Å²) in [6, 6.07) is 0. The van der Waals surface area contributed by atoms with E-state index in [0.29, 0.717) is 6.10 Å². The lowest BCUT2D eigenvalue weighted by molar-refractivity contribution is 0.0164. The highest BCUT2D eigenvalue weighted by Gasteiger charge is 2.15. The quantitative estimate of drug-likeness (QED) is 0.662. The molecule has 1 aliphatic rings. The van der Waals surface area contributed by atoms with Crippen molar-refractivity contribution in [3.63, 3.8) is 0 Å². The lowest BCUT2D eigenvalue weighted by atomic mass is 10.2. The van der Waals surface area contributed by atoms with Crippen LogP contribution in [0.2, 0.25) is 0 Å². The molecule has 0 radical (unpaired) electrons. The maximum Gasteiger partial charge on any atom is 0.0945 e. The summed E-state index contributed by atoms with van der Waals surface area (Å²) in [6.07, 6.45) is 7.14. The zero-order chi connectivity index (χ0) is 8.93. The Morgan fingerprint density at radius 1 is 1.54 bits per heavy atom. The van der Waals surface area contributed by atoms with Gasteiger partial charge < -0.3 is 14.6 Å². The molecule has 0 aliphatic carbocycles. The third kappa shape index (κ3) is 2.54. The van der Waals surface area contributed by atoms with E-state index in [2.05, 4.69) is 14.9 Å². The van der Waals surface area contributed by atoms with E-state index in [9.17, 15) is 0 Å². The zero-order valence-corrected chi connectivity index (χ0v) is 7.65. The number of hydrogen-bond acceptors (Lipinski definition) is 3. The highest BCUT2D eigenvalue weighted by Crippen LogP contribution is 1.99. The average Bonchev–Trinajstić information content (AvgIpc) is 2.53. The van der Waals surface area contributed by atoms with Crippen molar-refractivity contribution < 1.29 is 4.74 Å². The van der Waals surface area contributed by atoms with Gasteiger partial charge in [0.1, 0.15) is 0 Å². The van der Waals surface area contributed by atoms with E-state index in [1.54, 1.807) is 6.20 Å². The molecule has 1 aromatic rings. The summed E-state index contributed by atoms with van der Waals surface area (Å²) in [6.45, 7) is 3.89. The summed E-state index contributed by atoms with van der Waals surface area (Å²) in [7, 11) is 0. The first-order valence-electron chi connectivity index (χ1n) is 4.73. The Bertz CT molecular complexity index is 231. The Morgan fingerprint density at radius 3 is 3.08 bits per heavy atom. The molecule has 4 nitrogen and oxygen atoms in total. The van der Waals surface area contributed by atoms with Crippen molar-refractivity contribution in [3.05, 3.63) is 18.7 Å². The van der Waals surface area contributed by atoms with Crippen LogP contribution < -0.4 is 5.32 Å². The molecule has 0 bridgehead atoms. The van der Waals surface area contributed by atoms with Gasteiger partial charge in [0, 0.05) is 38.6 Å². The smallest absolute Gasteiger partial charge is 0.0945 e. The largest absolute Gasteiger partial charge is 0.376 e. The SMILES string of the molecule is c1cn(CCCOC2CNC2)cn1.